The van der Waals surface area contributed by atoms with Crippen molar-refractivity contribution in [2.75, 3.05) is 12.3 Å². The van der Waals surface area contributed by atoms with E-state index in [1.54, 1.807) is 0 Å². The van der Waals surface area contributed by atoms with E-state index in [0.29, 0.717) is 6.61 Å². The molecule has 0 aliphatic carbocycles. The van der Waals surface area contributed by atoms with E-state index in [2.05, 4.69) is 0 Å². The van der Waals surface area contributed by atoms with Crippen molar-refractivity contribution in [2.24, 2.45) is 0 Å². The largest absolute Gasteiger partial charge is 0.462 e. The maximum atomic E-state index is 11.5. The monoisotopic (exact) mass is 273 g/mol. The number of hydrogen-bond acceptors (Lipinski definition) is 5. The highest BCUT2D eigenvalue weighted by molar-refractivity contribution is 7.86. The van der Waals surface area contributed by atoms with E-state index < -0.39 is 21.0 Å². The number of esters is 1. The summed E-state index contributed by atoms with van der Waals surface area (Å²) in [6.07, 6.45) is 1.65. The molecule has 6 nitrogen and oxygen atoms in total. The van der Waals surface area contributed by atoms with Gasteiger partial charge in [0.2, 0.25) is 0 Å². The highest BCUT2D eigenvalue weighted by Crippen LogP contribution is 2.19. The van der Waals surface area contributed by atoms with Gasteiger partial charge in [-0.15, -0.1) is 0 Å². The van der Waals surface area contributed by atoms with Crippen molar-refractivity contribution in [3.05, 3.63) is 23.8 Å². The van der Waals surface area contributed by atoms with E-state index in [4.69, 9.17) is 15.0 Å². The first-order valence-electron chi connectivity index (χ1n) is 5.40. The Morgan fingerprint density at radius 1 is 1.44 bits per heavy atom. The average molecular weight is 273 g/mol. The Hall–Kier alpha value is -1.60. The molecule has 0 spiro atoms. The van der Waals surface area contributed by atoms with Gasteiger partial charge in [-0.2, -0.15) is 8.42 Å². The van der Waals surface area contributed by atoms with Crippen LogP contribution in [0.2, 0.25) is 0 Å². The lowest BCUT2D eigenvalue weighted by Gasteiger charge is -2.06. The Labute approximate surface area is 105 Å². The summed E-state index contributed by atoms with van der Waals surface area (Å²) in [6, 6.07) is 3.48. The first-order chi connectivity index (χ1) is 8.36. The minimum atomic E-state index is -4.37. The van der Waals surface area contributed by atoms with Crippen LogP contribution in [0.5, 0.6) is 0 Å². The van der Waals surface area contributed by atoms with E-state index in [9.17, 15) is 13.2 Å². The van der Waals surface area contributed by atoms with Gasteiger partial charge in [0, 0.05) is 0 Å². The summed E-state index contributed by atoms with van der Waals surface area (Å²) in [5.74, 6) is -0.572. The minimum Gasteiger partial charge on any atom is -0.462 e. The molecule has 7 heteroatoms. The first-order valence-corrected chi connectivity index (χ1v) is 6.84. The van der Waals surface area contributed by atoms with Crippen LogP contribution in [0.15, 0.2) is 23.1 Å². The van der Waals surface area contributed by atoms with Crippen LogP contribution >= 0.6 is 0 Å². The van der Waals surface area contributed by atoms with Gasteiger partial charge in [-0.1, -0.05) is 13.3 Å². The molecule has 1 aromatic carbocycles. The van der Waals surface area contributed by atoms with Crippen LogP contribution in [0.3, 0.4) is 0 Å². The van der Waals surface area contributed by atoms with Crippen LogP contribution < -0.4 is 5.73 Å². The molecule has 0 saturated heterocycles. The maximum Gasteiger partial charge on any atom is 0.338 e. The number of benzene rings is 1. The van der Waals surface area contributed by atoms with Gasteiger partial charge in [0.1, 0.15) is 4.90 Å². The lowest BCUT2D eigenvalue weighted by Crippen LogP contribution is -2.09. The van der Waals surface area contributed by atoms with Crippen molar-refractivity contribution in [1.29, 1.82) is 0 Å². The number of unbranched alkanes of at least 4 members (excludes halogenated alkanes) is 1. The molecule has 0 aromatic heterocycles. The summed E-state index contributed by atoms with van der Waals surface area (Å²) < 4.78 is 35.6. The van der Waals surface area contributed by atoms with Gasteiger partial charge in [-0.25, -0.2) is 4.79 Å². The number of anilines is 1. The summed E-state index contributed by atoms with van der Waals surface area (Å²) in [7, 11) is -4.37. The number of nitrogen functional groups attached to an aromatic ring is 1. The van der Waals surface area contributed by atoms with Crippen LogP contribution in [-0.4, -0.2) is 25.5 Å². The topological polar surface area (TPSA) is 107 Å². The quantitative estimate of drug-likeness (QED) is 0.364. The molecule has 0 fully saturated rings. The highest BCUT2D eigenvalue weighted by Gasteiger charge is 2.16. The summed E-state index contributed by atoms with van der Waals surface area (Å²) in [4.78, 5) is 11.1. The lowest BCUT2D eigenvalue weighted by molar-refractivity contribution is 0.0499. The Balaban J connectivity index is 2.88. The maximum absolute atomic E-state index is 11.5. The van der Waals surface area contributed by atoms with Gasteiger partial charge >= 0.3 is 5.97 Å². The molecule has 100 valence electrons. The van der Waals surface area contributed by atoms with E-state index in [-0.39, 0.29) is 11.3 Å². The summed E-state index contributed by atoms with van der Waals surface area (Å²) in [5.41, 5.74) is 5.41. The smallest absolute Gasteiger partial charge is 0.338 e. The van der Waals surface area contributed by atoms with Crippen molar-refractivity contribution >= 4 is 21.8 Å². The van der Waals surface area contributed by atoms with Crippen molar-refractivity contribution in [3.63, 3.8) is 0 Å². The zero-order chi connectivity index (χ0) is 13.8. The molecule has 0 bridgehead atoms. The number of hydrogen-bond donors (Lipinski definition) is 2. The number of carbonyl (C=O) groups excluding carboxylic acids is 1. The van der Waals surface area contributed by atoms with Crippen molar-refractivity contribution < 1.29 is 22.5 Å². The molecule has 0 atom stereocenters. The zero-order valence-corrected chi connectivity index (χ0v) is 10.7. The fourth-order valence-electron chi connectivity index (χ4n) is 1.30. The summed E-state index contributed by atoms with van der Waals surface area (Å²) >= 11 is 0. The molecule has 0 saturated carbocycles. The second-order valence-corrected chi connectivity index (χ2v) is 5.11. The van der Waals surface area contributed by atoms with Gasteiger partial charge in [-0.3, -0.25) is 4.55 Å². The number of nitrogens with two attached hydrogens (primary N) is 1. The molecule has 0 aliphatic heterocycles. The molecular formula is C11H15NO5S. The third-order valence-corrected chi connectivity index (χ3v) is 3.18. The van der Waals surface area contributed by atoms with E-state index in [1.165, 1.54) is 6.07 Å². The van der Waals surface area contributed by atoms with Crippen LogP contribution in [0.1, 0.15) is 30.1 Å². The second kappa shape index (κ2) is 5.83. The fourth-order valence-corrected chi connectivity index (χ4v) is 1.90. The van der Waals surface area contributed by atoms with Gasteiger partial charge in [-0.05, 0) is 24.6 Å². The predicted octanol–water partition coefficient (Wildman–Crippen LogP) is 1.47. The van der Waals surface area contributed by atoms with Crippen LogP contribution in [0, 0.1) is 0 Å². The van der Waals surface area contributed by atoms with Gasteiger partial charge in [0.25, 0.3) is 10.1 Å². The average Bonchev–Trinajstić information content (AvgIpc) is 2.27. The van der Waals surface area contributed by atoms with Crippen molar-refractivity contribution in [2.45, 2.75) is 24.7 Å². The molecule has 1 rings (SSSR count). The standard InChI is InChI=1S/C11H15NO5S/c1-2-3-6-17-11(13)8-4-5-10(9(12)7-8)18(14,15)16/h4-5,7H,2-3,6,12H2,1H3,(H,14,15,16). The van der Waals surface area contributed by atoms with Crippen LogP contribution in [-0.2, 0) is 14.9 Å². The Kier molecular flexibility index (Phi) is 4.69. The van der Waals surface area contributed by atoms with E-state index in [0.717, 1.165) is 25.0 Å². The molecule has 0 amide bonds. The number of rotatable bonds is 5. The Morgan fingerprint density at radius 3 is 2.61 bits per heavy atom. The Bertz CT molecular complexity index is 538. The van der Waals surface area contributed by atoms with Crippen molar-refractivity contribution in [1.82, 2.24) is 0 Å². The lowest BCUT2D eigenvalue weighted by atomic mass is 10.2. The minimum absolute atomic E-state index is 0.149. The third kappa shape index (κ3) is 3.71. The molecule has 3 N–H and O–H groups in total. The van der Waals surface area contributed by atoms with Gasteiger partial charge < -0.3 is 10.5 Å². The summed E-state index contributed by atoms with van der Waals surface area (Å²) in [5, 5.41) is 0. The molecule has 0 aliphatic rings. The molecule has 0 heterocycles. The van der Waals surface area contributed by atoms with Gasteiger partial charge in [0.05, 0.1) is 17.9 Å². The zero-order valence-electron chi connectivity index (χ0n) is 9.92. The third-order valence-electron chi connectivity index (χ3n) is 2.25. The molecule has 1 aromatic rings. The first kappa shape index (κ1) is 14.5. The fraction of sp³-hybridized carbons (Fsp3) is 0.364. The SMILES string of the molecule is CCCCOC(=O)c1ccc(S(=O)(=O)O)c(N)c1. The van der Waals surface area contributed by atoms with E-state index in [1.807, 2.05) is 6.92 Å². The normalized spacial score (nSPS) is 11.2. The van der Waals surface area contributed by atoms with Crippen LogP contribution in [0.25, 0.3) is 0 Å². The highest BCUT2D eigenvalue weighted by atomic mass is 32.2. The number of carbonyl (C=O) groups is 1. The molecule has 18 heavy (non-hydrogen) atoms. The molecule has 0 unspecified atom stereocenters. The predicted molar refractivity (Wildman–Crippen MR) is 65.9 cm³/mol. The van der Waals surface area contributed by atoms with Crippen LogP contribution in [0.4, 0.5) is 5.69 Å². The number of ether oxygens (including phenoxy) is 1. The van der Waals surface area contributed by atoms with Crippen molar-refractivity contribution in [3.8, 4) is 0 Å². The molecule has 0 radical (unpaired) electrons. The van der Waals surface area contributed by atoms with Gasteiger partial charge in [0.15, 0.2) is 0 Å². The second-order valence-electron chi connectivity index (χ2n) is 3.72. The van der Waals surface area contributed by atoms with E-state index >= 15 is 0 Å². The molecular weight excluding hydrogens is 258 g/mol. The summed E-state index contributed by atoms with van der Waals surface area (Å²) in [6.45, 7) is 2.27. The Morgan fingerprint density at radius 2 is 2.11 bits per heavy atom.